The van der Waals surface area contributed by atoms with Gasteiger partial charge in [0.05, 0.1) is 16.9 Å². The largest absolute Gasteiger partial charge is 0.353 e. The summed E-state index contributed by atoms with van der Waals surface area (Å²) in [5.41, 5.74) is 6.44. The van der Waals surface area contributed by atoms with Crippen LogP contribution in [-0.4, -0.2) is 21.7 Å². The predicted octanol–water partition coefficient (Wildman–Crippen LogP) is 6.55. The van der Waals surface area contributed by atoms with Gasteiger partial charge in [-0.3, -0.25) is 9.59 Å². The lowest BCUT2D eigenvalue weighted by Gasteiger charge is -2.08. The quantitative estimate of drug-likeness (QED) is 0.278. The molecule has 2 aromatic heterocycles. The molecule has 0 aliphatic rings. The van der Waals surface area contributed by atoms with E-state index in [9.17, 15) is 9.59 Å². The average Bonchev–Trinajstić information content (AvgIpc) is 3.22. The zero-order valence-corrected chi connectivity index (χ0v) is 19.0. The molecular weight excluding hydrogens is 422 g/mol. The number of hydrogen-bond acceptors (Lipinski definition) is 3. The van der Waals surface area contributed by atoms with E-state index < -0.39 is 0 Å². The summed E-state index contributed by atoms with van der Waals surface area (Å²) in [7, 11) is 0. The van der Waals surface area contributed by atoms with E-state index in [1.54, 1.807) is 24.3 Å². The van der Waals surface area contributed by atoms with Gasteiger partial charge in [-0.25, -0.2) is 4.98 Å². The van der Waals surface area contributed by atoms with E-state index in [1.807, 2.05) is 36.4 Å². The van der Waals surface area contributed by atoms with Crippen LogP contribution in [0.15, 0.2) is 84.9 Å². The first-order valence-corrected chi connectivity index (χ1v) is 11.4. The number of aromatic amines is 1. The molecule has 3 aromatic carbocycles. The van der Waals surface area contributed by atoms with Crippen LogP contribution < -0.4 is 5.32 Å². The van der Waals surface area contributed by atoms with Gasteiger partial charge in [0.25, 0.3) is 0 Å². The van der Waals surface area contributed by atoms with Crippen molar-refractivity contribution in [1.82, 2.24) is 9.97 Å². The Hall–Kier alpha value is -4.25. The molecule has 0 saturated heterocycles. The van der Waals surface area contributed by atoms with E-state index in [-0.39, 0.29) is 11.7 Å². The van der Waals surface area contributed by atoms with Crippen molar-refractivity contribution in [2.24, 2.45) is 0 Å². The molecule has 0 spiro atoms. The van der Waals surface area contributed by atoms with E-state index in [1.165, 1.54) is 12.5 Å². The van der Waals surface area contributed by atoms with Crippen molar-refractivity contribution in [3.63, 3.8) is 0 Å². The summed E-state index contributed by atoms with van der Waals surface area (Å²) < 4.78 is 0. The molecule has 0 unspecified atom stereocenters. The highest BCUT2D eigenvalue weighted by atomic mass is 16.1. The predicted molar refractivity (Wildman–Crippen MR) is 137 cm³/mol. The third kappa shape index (κ3) is 4.46. The van der Waals surface area contributed by atoms with Crippen molar-refractivity contribution in [3.8, 4) is 11.4 Å². The Kier molecular flexibility index (Phi) is 5.91. The van der Waals surface area contributed by atoms with Crippen LogP contribution in [0.2, 0.25) is 0 Å². The van der Waals surface area contributed by atoms with Gasteiger partial charge >= 0.3 is 0 Å². The lowest BCUT2D eigenvalue weighted by molar-refractivity contribution is -0.116. The zero-order valence-electron chi connectivity index (χ0n) is 19.0. The van der Waals surface area contributed by atoms with E-state index in [2.05, 4.69) is 34.6 Å². The minimum Gasteiger partial charge on any atom is -0.353 e. The van der Waals surface area contributed by atoms with E-state index in [0.717, 1.165) is 39.6 Å². The number of para-hydroxylation sites is 2. The average molecular weight is 448 g/mol. The van der Waals surface area contributed by atoms with Crippen molar-refractivity contribution in [2.45, 2.75) is 26.2 Å². The number of carbonyl (C=O) groups excluding carboxylic acids is 2. The van der Waals surface area contributed by atoms with Crippen molar-refractivity contribution in [1.29, 1.82) is 0 Å². The molecule has 0 bridgehead atoms. The molecule has 1 amide bonds. The lowest BCUT2D eigenvalue weighted by atomic mass is 10.0. The van der Waals surface area contributed by atoms with Crippen LogP contribution in [0.4, 0.5) is 5.69 Å². The van der Waals surface area contributed by atoms with Crippen LogP contribution in [0, 0.1) is 0 Å². The summed E-state index contributed by atoms with van der Waals surface area (Å²) in [4.78, 5) is 32.4. The second kappa shape index (κ2) is 9.32. The fraction of sp³-hybridized carbons (Fsp3) is 0.138. The van der Waals surface area contributed by atoms with E-state index in [4.69, 9.17) is 4.98 Å². The molecule has 5 aromatic rings. The smallest absolute Gasteiger partial charge is 0.224 e. The fourth-order valence-corrected chi connectivity index (χ4v) is 4.32. The van der Waals surface area contributed by atoms with Gasteiger partial charge < -0.3 is 10.3 Å². The summed E-state index contributed by atoms with van der Waals surface area (Å²) in [6.07, 6.45) is 1.86. The lowest BCUT2D eigenvalue weighted by Crippen LogP contribution is -2.11. The Bertz CT molecular complexity index is 1500. The number of Topliss-reactive ketones (excluding diaryl/α,β-unsaturated/α-hetero) is 1. The van der Waals surface area contributed by atoms with Crippen molar-refractivity contribution in [2.75, 3.05) is 5.32 Å². The van der Waals surface area contributed by atoms with Gasteiger partial charge in [-0.2, -0.15) is 0 Å². The first-order valence-electron chi connectivity index (χ1n) is 11.4. The Morgan fingerprint density at radius 2 is 1.65 bits per heavy atom. The number of rotatable bonds is 7. The maximum absolute atomic E-state index is 12.5. The molecule has 0 aliphatic carbocycles. The van der Waals surface area contributed by atoms with Crippen LogP contribution in [0.3, 0.4) is 0 Å². The number of H-pyrrole nitrogens is 1. The van der Waals surface area contributed by atoms with Gasteiger partial charge in [-0.15, -0.1) is 0 Å². The zero-order chi connectivity index (χ0) is 23.5. The maximum atomic E-state index is 12.5. The van der Waals surface area contributed by atoms with Gasteiger partial charge in [0.15, 0.2) is 5.78 Å². The topological polar surface area (TPSA) is 74.8 Å². The van der Waals surface area contributed by atoms with Gasteiger partial charge in [0, 0.05) is 34.0 Å². The number of pyridine rings is 1. The Balaban J connectivity index is 1.34. The van der Waals surface area contributed by atoms with E-state index in [0.29, 0.717) is 24.1 Å². The van der Waals surface area contributed by atoms with Crippen LogP contribution in [0.5, 0.6) is 0 Å². The molecule has 5 heteroatoms. The standard InChI is InChI=1S/C29H25N3O2/c1-19(33)20-13-16-22(17-14-20)30-28(34)12-6-9-24-23-8-3-5-11-26(23)32-29(24)27-18-15-21-7-2-4-10-25(21)31-27/h2-5,7-8,10-11,13-18,32H,6,9,12H2,1H3,(H,30,34). The van der Waals surface area contributed by atoms with Gasteiger partial charge in [-0.1, -0.05) is 42.5 Å². The molecule has 2 N–H and O–H groups in total. The highest BCUT2D eigenvalue weighted by Crippen LogP contribution is 2.31. The number of nitrogens with one attached hydrogen (secondary N) is 2. The molecule has 5 nitrogen and oxygen atoms in total. The summed E-state index contributed by atoms with van der Waals surface area (Å²) in [5.74, 6) is -0.0332. The minimum atomic E-state index is -0.0409. The molecule has 168 valence electrons. The van der Waals surface area contributed by atoms with Crippen molar-refractivity contribution < 1.29 is 9.59 Å². The molecule has 5 rings (SSSR count). The second-order valence-corrected chi connectivity index (χ2v) is 8.45. The number of nitrogens with zero attached hydrogens (tertiary/aromatic N) is 1. The highest BCUT2D eigenvalue weighted by Gasteiger charge is 2.15. The number of ketones is 1. The van der Waals surface area contributed by atoms with Crippen LogP contribution in [0.1, 0.15) is 35.7 Å². The normalized spacial score (nSPS) is 11.1. The Labute approximate surface area is 197 Å². The van der Waals surface area contributed by atoms with E-state index >= 15 is 0 Å². The number of benzene rings is 3. The van der Waals surface area contributed by atoms with Crippen LogP contribution >= 0.6 is 0 Å². The van der Waals surface area contributed by atoms with Crippen LogP contribution in [0.25, 0.3) is 33.2 Å². The highest BCUT2D eigenvalue weighted by molar-refractivity contribution is 5.96. The van der Waals surface area contributed by atoms with Gasteiger partial charge in [0.2, 0.25) is 5.91 Å². The summed E-state index contributed by atoms with van der Waals surface area (Å²) in [6.45, 7) is 1.53. The summed E-state index contributed by atoms with van der Waals surface area (Å²) >= 11 is 0. The number of carbonyl (C=O) groups is 2. The van der Waals surface area contributed by atoms with Crippen molar-refractivity contribution >= 4 is 39.2 Å². The number of hydrogen-bond donors (Lipinski definition) is 2. The van der Waals surface area contributed by atoms with Crippen molar-refractivity contribution in [3.05, 3.63) is 96.1 Å². The summed E-state index contributed by atoms with van der Waals surface area (Å²) in [5, 5.41) is 5.19. The number of anilines is 1. The molecule has 34 heavy (non-hydrogen) atoms. The Morgan fingerprint density at radius 1 is 0.882 bits per heavy atom. The number of aryl methyl sites for hydroxylation is 1. The minimum absolute atomic E-state index is 0.00770. The number of aromatic nitrogens is 2. The molecule has 0 aliphatic heterocycles. The summed E-state index contributed by atoms with van der Waals surface area (Å²) in [6, 6.07) is 27.5. The monoisotopic (exact) mass is 447 g/mol. The number of fused-ring (bicyclic) bond motifs is 2. The molecule has 0 radical (unpaired) electrons. The number of amides is 1. The molecule has 0 atom stereocenters. The van der Waals surface area contributed by atoms with Crippen LogP contribution in [-0.2, 0) is 11.2 Å². The third-order valence-electron chi connectivity index (χ3n) is 6.07. The molecule has 0 saturated carbocycles. The Morgan fingerprint density at radius 3 is 2.47 bits per heavy atom. The first-order chi connectivity index (χ1) is 16.6. The maximum Gasteiger partial charge on any atom is 0.224 e. The molecule has 0 fully saturated rings. The third-order valence-corrected chi connectivity index (χ3v) is 6.07. The molecule has 2 heterocycles. The molecular formula is C29H25N3O2. The SMILES string of the molecule is CC(=O)c1ccc(NC(=O)CCCc2c(-c3ccc4ccccc4n3)[nH]c3ccccc23)cc1. The fourth-order valence-electron chi connectivity index (χ4n) is 4.32. The first kappa shape index (κ1) is 21.6. The van der Waals surface area contributed by atoms with Gasteiger partial charge in [-0.05, 0) is 67.8 Å². The van der Waals surface area contributed by atoms with Gasteiger partial charge in [0.1, 0.15) is 0 Å². The second-order valence-electron chi connectivity index (χ2n) is 8.45.